The lowest BCUT2D eigenvalue weighted by molar-refractivity contribution is 0.615. The molecular weight excluding hydrogens is 261 g/mol. The molecule has 0 radical (unpaired) electrons. The molecule has 0 amide bonds. The van der Waals surface area contributed by atoms with Gasteiger partial charge in [0.2, 0.25) is 0 Å². The number of aryl methyl sites for hydroxylation is 2. The molecule has 0 saturated carbocycles. The molecule has 0 unspecified atom stereocenters. The van der Waals surface area contributed by atoms with Gasteiger partial charge in [-0.2, -0.15) is 0 Å². The Morgan fingerprint density at radius 1 is 1.16 bits per heavy atom. The van der Waals surface area contributed by atoms with Crippen LogP contribution in [0.2, 0.25) is 0 Å². The summed E-state index contributed by atoms with van der Waals surface area (Å²) >= 11 is 1.44. The summed E-state index contributed by atoms with van der Waals surface area (Å²) in [5.74, 6) is 0.291. The number of hydrogen-bond donors (Lipinski definition) is 1. The molecule has 2 N–H and O–H groups in total. The van der Waals surface area contributed by atoms with E-state index < -0.39 is 0 Å². The zero-order chi connectivity index (χ0) is 13.8. The molecule has 100 valence electrons. The minimum absolute atomic E-state index is 0.222. The van der Waals surface area contributed by atoms with Crippen molar-refractivity contribution >= 4 is 11.8 Å². The summed E-state index contributed by atoms with van der Waals surface area (Å²) in [4.78, 5) is 8.64. The van der Waals surface area contributed by atoms with Crippen molar-refractivity contribution in [2.75, 3.05) is 0 Å². The smallest absolute Gasteiger partial charge is 0.188 e. The Balaban J connectivity index is 2.10. The van der Waals surface area contributed by atoms with Crippen molar-refractivity contribution in [2.24, 2.45) is 5.73 Å². The van der Waals surface area contributed by atoms with E-state index in [4.69, 9.17) is 5.73 Å². The number of nitrogens with zero attached hydrogens (tertiary/aromatic N) is 2. The van der Waals surface area contributed by atoms with Gasteiger partial charge >= 0.3 is 0 Å². The maximum atomic E-state index is 13.8. The Labute approximate surface area is 116 Å². The van der Waals surface area contributed by atoms with Gasteiger partial charge in [-0.1, -0.05) is 23.9 Å². The Bertz CT molecular complexity index is 567. The Morgan fingerprint density at radius 3 is 2.42 bits per heavy atom. The Kier molecular flexibility index (Phi) is 4.50. The molecule has 1 heterocycles. The predicted octanol–water partition coefficient (Wildman–Crippen LogP) is 2.98. The number of rotatable bonds is 4. The predicted molar refractivity (Wildman–Crippen MR) is 75.4 cm³/mol. The van der Waals surface area contributed by atoms with E-state index >= 15 is 0 Å². The highest BCUT2D eigenvalue weighted by atomic mass is 32.2. The van der Waals surface area contributed by atoms with E-state index in [0.717, 1.165) is 17.0 Å². The van der Waals surface area contributed by atoms with E-state index in [9.17, 15) is 4.39 Å². The molecule has 2 aromatic rings. The normalized spacial score (nSPS) is 10.7. The summed E-state index contributed by atoms with van der Waals surface area (Å²) in [5, 5.41) is 0.680. The third-order valence-electron chi connectivity index (χ3n) is 2.67. The van der Waals surface area contributed by atoms with E-state index in [0.29, 0.717) is 23.0 Å². The van der Waals surface area contributed by atoms with Gasteiger partial charge in [0, 0.05) is 23.7 Å². The first-order chi connectivity index (χ1) is 9.08. The summed E-state index contributed by atoms with van der Waals surface area (Å²) in [6, 6.07) is 7.02. The van der Waals surface area contributed by atoms with Gasteiger partial charge < -0.3 is 5.73 Å². The second-order valence-corrected chi connectivity index (χ2v) is 5.29. The van der Waals surface area contributed by atoms with Gasteiger partial charge in [0.15, 0.2) is 5.16 Å². The molecule has 0 bridgehead atoms. The van der Waals surface area contributed by atoms with Crippen LogP contribution in [0.3, 0.4) is 0 Å². The summed E-state index contributed by atoms with van der Waals surface area (Å²) in [6.45, 7) is 4.20. The van der Waals surface area contributed by atoms with Crippen LogP contribution in [0.1, 0.15) is 22.5 Å². The molecule has 19 heavy (non-hydrogen) atoms. The minimum atomic E-state index is -0.222. The van der Waals surface area contributed by atoms with E-state index in [-0.39, 0.29) is 5.82 Å². The van der Waals surface area contributed by atoms with Gasteiger partial charge in [-0.25, -0.2) is 14.4 Å². The fourth-order valence-electron chi connectivity index (χ4n) is 1.74. The average molecular weight is 277 g/mol. The van der Waals surface area contributed by atoms with E-state index in [2.05, 4.69) is 9.97 Å². The van der Waals surface area contributed by atoms with Crippen LogP contribution in [-0.4, -0.2) is 9.97 Å². The van der Waals surface area contributed by atoms with Crippen molar-refractivity contribution in [2.45, 2.75) is 31.3 Å². The lowest BCUT2D eigenvalue weighted by atomic mass is 10.1. The molecular formula is C14H16FN3S. The number of benzene rings is 1. The molecule has 0 spiro atoms. The van der Waals surface area contributed by atoms with Gasteiger partial charge in [-0.15, -0.1) is 0 Å². The van der Waals surface area contributed by atoms with Crippen LogP contribution in [0.25, 0.3) is 0 Å². The minimum Gasteiger partial charge on any atom is -0.326 e. The second-order valence-electron chi connectivity index (χ2n) is 4.35. The molecule has 1 aromatic carbocycles. The third kappa shape index (κ3) is 3.75. The molecule has 0 saturated heterocycles. The Morgan fingerprint density at radius 2 is 1.84 bits per heavy atom. The highest BCUT2D eigenvalue weighted by Gasteiger charge is 2.06. The highest BCUT2D eigenvalue weighted by Crippen LogP contribution is 2.22. The van der Waals surface area contributed by atoms with Crippen molar-refractivity contribution in [3.63, 3.8) is 0 Å². The van der Waals surface area contributed by atoms with Gasteiger partial charge in [0.1, 0.15) is 5.82 Å². The van der Waals surface area contributed by atoms with Gasteiger partial charge in [-0.3, -0.25) is 0 Å². The quantitative estimate of drug-likeness (QED) is 0.689. The van der Waals surface area contributed by atoms with Crippen LogP contribution >= 0.6 is 11.8 Å². The van der Waals surface area contributed by atoms with Gasteiger partial charge in [0.25, 0.3) is 0 Å². The van der Waals surface area contributed by atoms with Crippen molar-refractivity contribution in [3.05, 3.63) is 52.6 Å². The van der Waals surface area contributed by atoms with Crippen LogP contribution in [-0.2, 0) is 12.3 Å². The first-order valence-corrected chi connectivity index (χ1v) is 6.99. The summed E-state index contributed by atoms with van der Waals surface area (Å²) in [6.07, 6.45) is 0. The molecule has 0 fully saturated rings. The first-order valence-electron chi connectivity index (χ1n) is 6.01. The number of thioether (sulfide) groups is 1. The highest BCUT2D eigenvalue weighted by molar-refractivity contribution is 7.98. The molecule has 0 aliphatic carbocycles. The fourth-order valence-corrected chi connectivity index (χ4v) is 2.67. The van der Waals surface area contributed by atoms with Crippen LogP contribution in [0.4, 0.5) is 4.39 Å². The average Bonchev–Trinajstić information content (AvgIpc) is 2.36. The zero-order valence-electron chi connectivity index (χ0n) is 11.0. The maximum Gasteiger partial charge on any atom is 0.188 e. The van der Waals surface area contributed by atoms with E-state index in [1.165, 1.54) is 17.8 Å². The molecule has 0 atom stereocenters. The second kappa shape index (κ2) is 6.12. The van der Waals surface area contributed by atoms with Gasteiger partial charge in [-0.05, 0) is 37.1 Å². The molecule has 0 aliphatic heterocycles. The lowest BCUT2D eigenvalue weighted by Crippen LogP contribution is -1.99. The number of hydrogen-bond acceptors (Lipinski definition) is 4. The third-order valence-corrected chi connectivity index (χ3v) is 3.57. The number of halogens is 1. The Hall–Kier alpha value is -1.46. The van der Waals surface area contributed by atoms with Crippen LogP contribution in [0, 0.1) is 19.7 Å². The molecule has 0 aliphatic rings. The molecule has 2 rings (SSSR count). The summed E-state index contributed by atoms with van der Waals surface area (Å²) in [7, 11) is 0. The van der Waals surface area contributed by atoms with Crippen LogP contribution in [0.15, 0.2) is 29.4 Å². The molecule has 3 nitrogen and oxygen atoms in total. The van der Waals surface area contributed by atoms with E-state index in [1.807, 2.05) is 26.0 Å². The first kappa shape index (κ1) is 14.0. The molecule has 1 aromatic heterocycles. The summed E-state index contributed by atoms with van der Waals surface area (Å²) in [5.41, 5.74) is 8.77. The SMILES string of the molecule is Cc1cc(C)nc(SCc2ccc(CN)cc2F)n1. The van der Waals surface area contributed by atoms with E-state index in [1.54, 1.807) is 6.07 Å². The van der Waals surface area contributed by atoms with Crippen molar-refractivity contribution < 1.29 is 4.39 Å². The van der Waals surface area contributed by atoms with Crippen LogP contribution in [0.5, 0.6) is 0 Å². The van der Waals surface area contributed by atoms with Crippen molar-refractivity contribution in [1.29, 1.82) is 0 Å². The number of nitrogens with two attached hydrogens (primary N) is 1. The summed E-state index contributed by atoms with van der Waals surface area (Å²) < 4.78 is 13.8. The fraction of sp³-hybridized carbons (Fsp3) is 0.286. The lowest BCUT2D eigenvalue weighted by Gasteiger charge is -2.05. The monoisotopic (exact) mass is 277 g/mol. The topological polar surface area (TPSA) is 51.8 Å². The van der Waals surface area contributed by atoms with Crippen molar-refractivity contribution in [3.8, 4) is 0 Å². The van der Waals surface area contributed by atoms with Gasteiger partial charge in [0.05, 0.1) is 0 Å². The standard InChI is InChI=1S/C14H16FN3S/c1-9-5-10(2)18-14(17-9)19-8-12-4-3-11(7-16)6-13(12)15/h3-6H,7-8,16H2,1-2H3. The molecule has 5 heteroatoms. The maximum absolute atomic E-state index is 13.8. The van der Waals surface area contributed by atoms with Crippen LogP contribution < -0.4 is 5.73 Å². The zero-order valence-corrected chi connectivity index (χ0v) is 11.8. The largest absolute Gasteiger partial charge is 0.326 e. The number of aromatic nitrogens is 2. The van der Waals surface area contributed by atoms with Crippen molar-refractivity contribution in [1.82, 2.24) is 9.97 Å².